The van der Waals surface area contributed by atoms with E-state index in [1.807, 2.05) is 11.9 Å². The van der Waals surface area contributed by atoms with Gasteiger partial charge in [0.25, 0.3) is 0 Å². The Labute approximate surface area is 166 Å². The van der Waals surface area contributed by atoms with E-state index in [1.54, 1.807) is 0 Å². The van der Waals surface area contributed by atoms with E-state index in [0.717, 1.165) is 19.0 Å². The van der Waals surface area contributed by atoms with Crippen LogP contribution in [0.1, 0.15) is 24.0 Å². The van der Waals surface area contributed by atoms with E-state index in [2.05, 4.69) is 75.6 Å². The molecule has 0 unspecified atom stereocenters. The zero-order valence-corrected chi connectivity index (χ0v) is 17.0. The second-order valence-corrected chi connectivity index (χ2v) is 9.77. The summed E-state index contributed by atoms with van der Waals surface area (Å²) in [5.41, 5.74) is 2.85. The average Bonchev–Trinajstić information content (AvgIpc) is 3.49. The lowest BCUT2D eigenvalue weighted by molar-refractivity contribution is 0.294. The smallest absolute Gasteiger partial charge is 0.0344 e. The first-order chi connectivity index (χ1) is 12.8. The number of nitrogens with zero attached hydrogens (tertiary/aromatic N) is 2. The summed E-state index contributed by atoms with van der Waals surface area (Å²) in [5.74, 6) is 3.47. The first-order valence-electron chi connectivity index (χ1n) is 9.71. The van der Waals surface area contributed by atoms with Crippen molar-refractivity contribution in [3.05, 3.63) is 65.7 Å². The molecule has 0 atom stereocenters. The maximum atomic E-state index is 2.58. The summed E-state index contributed by atoms with van der Waals surface area (Å²) in [4.78, 5) is 3.94. The predicted octanol–water partition coefficient (Wildman–Crippen LogP) is 5.15. The summed E-state index contributed by atoms with van der Waals surface area (Å²) in [6.07, 6.45) is 2.80. The molecule has 138 valence electrons. The van der Waals surface area contributed by atoms with Gasteiger partial charge in [0.1, 0.15) is 0 Å². The molecule has 1 saturated heterocycles. The fraction of sp³-hybridized carbons (Fsp3) is 0.455. The highest BCUT2D eigenvalue weighted by Crippen LogP contribution is 2.34. The van der Waals surface area contributed by atoms with E-state index >= 15 is 0 Å². The van der Waals surface area contributed by atoms with Crippen molar-refractivity contribution in [2.24, 2.45) is 5.92 Å². The Hall–Kier alpha value is -0.940. The third kappa shape index (κ3) is 5.78. The van der Waals surface area contributed by atoms with E-state index < -0.39 is 0 Å². The molecule has 4 rings (SSSR count). The summed E-state index contributed by atoms with van der Waals surface area (Å²) in [5, 5.41) is 0. The molecule has 2 nitrogen and oxygen atoms in total. The van der Waals surface area contributed by atoms with E-state index in [4.69, 9.17) is 0 Å². The Balaban J connectivity index is 1.35. The quantitative estimate of drug-likeness (QED) is 0.580. The van der Waals surface area contributed by atoms with E-state index in [9.17, 15) is 0 Å². The molecule has 0 radical (unpaired) electrons. The van der Waals surface area contributed by atoms with Crippen LogP contribution in [0.4, 0.5) is 0 Å². The van der Waals surface area contributed by atoms with Crippen molar-refractivity contribution in [2.75, 3.05) is 31.1 Å². The maximum Gasteiger partial charge on any atom is 0.0344 e. The van der Waals surface area contributed by atoms with Crippen LogP contribution in [0.15, 0.2) is 59.5 Å². The lowest BCUT2D eigenvalue weighted by atomic mass is 10.2. The van der Waals surface area contributed by atoms with Crippen molar-refractivity contribution in [1.82, 2.24) is 9.21 Å². The predicted molar refractivity (Wildman–Crippen MR) is 114 cm³/mol. The van der Waals surface area contributed by atoms with Crippen molar-refractivity contribution in [1.29, 1.82) is 0 Å². The van der Waals surface area contributed by atoms with E-state index in [0.29, 0.717) is 0 Å². The van der Waals surface area contributed by atoms with Crippen molar-refractivity contribution < 1.29 is 0 Å². The number of rotatable bonds is 8. The minimum Gasteiger partial charge on any atom is -0.297 e. The Kier molecular flexibility index (Phi) is 6.60. The van der Waals surface area contributed by atoms with Crippen molar-refractivity contribution in [2.45, 2.75) is 30.8 Å². The lowest BCUT2D eigenvalue weighted by Gasteiger charge is -2.26. The second kappa shape index (κ2) is 9.32. The van der Waals surface area contributed by atoms with Gasteiger partial charge in [-0.15, -0.1) is 0 Å². The molecular weight excluding hydrogens is 356 g/mol. The standard InChI is InChI=1S/C22H28N2S2/c1-2-4-19(5-3-1)17-24(18-21-6-7-21)26-22-10-8-20(9-11-22)16-23-12-14-25-15-13-23/h1-5,8-11,21H,6-7,12-18H2. The van der Waals surface area contributed by atoms with Gasteiger partial charge < -0.3 is 0 Å². The summed E-state index contributed by atoms with van der Waals surface area (Å²) >= 11 is 4.00. The van der Waals surface area contributed by atoms with Crippen LogP contribution in [0.25, 0.3) is 0 Å². The van der Waals surface area contributed by atoms with Crippen LogP contribution in [0.5, 0.6) is 0 Å². The zero-order valence-electron chi connectivity index (χ0n) is 15.3. The zero-order chi connectivity index (χ0) is 17.6. The molecule has 1 aliphatic carbocycles. The molecule has 0 N–H and O–H groups in total. The number of hydrogen-bond acceptors (Lipinski definition) is 4. The fourth-order valence-electron chi connectivity index (χ4n) is 3.33. The molecule has 0 bridgehead atoms. The SMILES string of the molecule is c1ccc(CN(CC2CC2)Sc2ccc(CN3CCSCC3)cc2)cc1. The van der Waals surface area contributed by atoms with Crippen LogP contribution >= 0.6 is 23.7 Å². The van der Waals surface area contributed by atoms with Crippen LogP contribution in [-0.2, 0) is 13.1 Å². The van der Waals surface area contributed by atoms with Gasteiger partial charge in [-0.3, -0.25) is 4.90 Å². The lowest BCUT2D eigenvalue weighted by Crippen LogP contribution is -2.31. The number of hydrogen-bond donors (Lipinski definition) is 0. The van der Waals surface area contributed by atoms with Crippen LogP contribution in [-0.4, -0.2) is 40.3 Å². The van der Waals surface area contributed by atoms with Crippen LogP contribution in [0.2, 0.25) is 0 Å². The molecule has 0 aromatic heterocycles. The second-order valence-electron chi connectivity index (χ2n) is 7.38. The highest BCUT2D eigenvalue weighted by Gasteiger charge is 2.25. The van der Waals surface area contributed by atoms with Gasteiger partial charge in [0.05, 0.1) is 0 Å². The molecule has 26 heavy (non-hydrogen) atoms. The Morgan fingerprint density at radius 2 is 1.65 bits per heavy atom. The molecular formula is C22H28N2S2. The first kappa shape index (κ1) is 18.4. The van der Waals surface area contributed by atoms with Gasteiger partial charge in [-0.05, 0) is 54.0 Å². The largest absolute Gasteiger partial charge is 0.297 e. The summed E-state index contributed by atoms with van der Waals surface area (Å²) in [7, 11) is 0. The third-order valence-electron chi connectivity index (χ3n) is 5.03. The molecule has 1 saturated carbocycles. The number of thioether (sulfide) groups is 1. The van der Waals surface area contributed by atoms with Gasteiger partial charge in [-0.2, -0.15) is 11.8 Å². The van der Waals surface area contributed by atoms with Crippen LogP contribution in [0.3, 0.4) is 0 Å². The normalized spacial score (nSPS) is 18.3. The first-order valence-corrected chi connectivity index (χ1v) is 11.6. The molecule has 1 aliphatic heterocycles. The van der Waals surface area contributed by atoms with Crippen LogP contribution in [0, 0.1) is 5.92 Å². The minimum absolute atomic E-state index is 0.905. The summed E-state index contributed by atoms with van der Waals surface area (Å²) < 4.78 is 2.55. The van der Waals surface area contributed by atoms with Gasteiger partial charge in [0, 0.05) is 49.1 Å². The molecule has 2 aromatic carbocycles. The molecule has 2 aromatic rings. The Morgan fingerprint density at radius 3 is 2.35 bits per heavy atom. The number of benzene rings is 2. The van der Waals surface area contributed by atoms with Crippen LogP contribution < -0.4 is 0 Å². The van der Waals surface area contributed by atoms with Gasteiger partial charge in [0.2, 0.25) is 0 Å². The van der Waals surface area contributed by atoms with E-state index in [1.165, 1.54) is 60.0 Å². The third-order valence-corrected chi connectivity index (χ3v) is 6.99. The van der Waals surface area contributed by atoms with Crippen molar-refractivity contribution in [3.8, 4) is 0 Å². The van der Waals surface area contributed by atoms with Crippen molar-refractivity contribution >= 4 is 23.7 Å². The van der Waals surface area contributed by atoms with Gasteiger partial charge in [-0.1, -0.05) is 42.5 Å². The molecule has 4 heteroatoms. The Morgan fingerprint density at radius 1 is 0.923 bits per heavy atom. The molecule has 2 fully saturated rings. The fourth-order valence-corrected chi connectivity index (χ4v) is 5.37. The molecule has 0 spiro atoms. The summed E-state index contributed by atoms with van der Waals surface area (Å²) in [6, 6.07) is 20.1. The van der Waals surface area contributed by atoms with Crippen molar-refractivity contribution in [3.63, 3.8) is 0 Å². The summed E-state index contributed by atoms with van der Waals surface area (Å²) in [6.45, 7) is 5.78. The topological polar surface area (TPSA) is 6.48 Å². The molecule has 0 amide bonds. The van der Waals surface area contributed by atoms with E-state index in [-0.39, 0.29) is 0 Å². The molecule has 2 aliphatic rings. The molecule has 1 heterocycles. The maximum absolute atomic E-state index is 2.58. The average molecular weight is 385 g/mol. The minimum atomic E-state index is 0.905. The van der Waals surface area contributed by atoms with Gasteiger partial charge in [0.15, 0.2) is 0 Å². The highest BCUT2D eigenvalue weighted by atomic mass is 32.2. The highest BCUT2D eigenvalue weighted by molar-refractivity contribution is 7.99. The van der Waals surface area contributed by atoms with Gasteiger partial charge in [-0.25, -0.2) is 4.31 Å². The monoisotopic (exact) mass is 384 g/mol. The van der Waals surface area contributed by atoms with Gasteiger partial charge >= 0.3 is 0 Å². The Bertz CT molecular complexity index is 664.